The van der Waals surface area contributed by atoms with Gasteiger partial charge < -0.3 is 5.73 Å². The highest BCUT2D eigenvalue weighted by Gasteiger charge is 2.30. The summed E-state index contributed by atoms with van der Waals surface area (Å²) in [6.07, 6.45) is -4.32. The number of halogens is 3. The van der Waals surface area contributed by atoms with E-state index in [1.54, 1.807) is 6.92 Å². The van der Waals surface area contributed by atoms with E-state index < -0.39 is 11.7 Å². The van der Waals surface area contributed by atoms with Crippen molar-refractivity contribution in [3.8, 4) is 11.3 Å². The number of rotatable bonds is 1. The van der Waals surface area contributed by atoms with Crippen LogP contribution in [-0.2, 0) is 6.18 Å². The fourth-order valence-corrected chi connectivity index (χ4v) is 2.18. The van der Waals surface area contributed by atoms with Crippen LogP contribution >= 0.6 is 11.3 Å². The molecule has 0 bridgehead atoms. The molecule has 0 saturated heterocycles. The Morgan fingerprint density at radius 1 is 1.18 bits per heavy atom. The number of aryl methyl sites for hydroxylation is 1. The van der Waals surface area contributed by atoms with Gasteiger partial charge in [0.25, 0.3) is 0 Å². The zero-order valence-corrected chi connectivity index (χ0v) is 9.69. The summed E-state index contributed by atoms with van der Waals surface area (Å²) in [5.74, 6) is 0. The van der Waals surface area contributed by atoms with E-state index in [1.807, 2.05) is 0 Å². The highest BCUT2D eigenvalue weighted by molar-refractivity contribution is 7.16. The second-order valence-corrected chi connectivity index (χ2v) is 4.76. The first-order valence-electron chi connectivity index (χ1n) is 4.78. The van der Waals surface area contributed by atoms with Crippen molar-refractivity contribution in [1.29, 1.82) is 0 Å². The third-order valence-electron chi connectivity index (χ3n) is 2.25. The lowest BCUT2D eigenvalue weighted by Gasteiger charge is -2.06. The molecule has 0 aliphatic rings. The second-order valence-electron chi connectivity index (χ2n) is 3.52. The lowest BCUT2D eigenvalue weighted by atomic mass is 10.1. The van der Waals surface area contributed by atoms with Gasteiger partial charge in [0.1, 0.15) is 10.7 Å². The SMILES string of the molecule is Cc1nc(-c2ccc(C(F)(F)F)cc2)c(N)s1. The van der Waals surface area contributed by atoms with Crippen LogP contribution in [0.4, 0.5) is 18.2 Å². The summed E-state index contributed by atoms with van der Waals surface area (Å²) in [7, 11) is 0. The molecule has 2 N–H and O–H groups in total. The molecule has 0 fully saturated rings. The average Bonchev–Trinajstić information content (AvgIpc) is 2.57. The number of hydrogen-bond acceptors (Lipinski definition) is 3. The van der Waals surface area contributed by atoms with Gasteiger partial charge in [0.2, 0.25) is 0 Å². The van der Waals surface area contributed by atoms with Crippen LogP contribution in [0, 0.1) is 6.92 Å². The summed E-state index contributed by atoms with van der Waals surface area (Å²) >= 11 is 1.32. The average molecular weight is 258 g/mol. The fourth-order valence-electron chi connectivity index (χ4n) is 1.47. The largest absolute Gasteiger partial charge is 0.416 e. The zero-order valence-electron chi connectivity index (χ0n) is 8.88. The minimum absolute atomic E-state index is 0.516. The molecule has 2 nitrogen and oxygen atoms in total. The van der Waals surface area contributed by atoms with Crippen molar-refractivity contribution < 1.29 is 13.2 Å². The van der Waals surface area contributed by atoms with Gasteiger partial charge in [0.05, 0.1) is 10.6 Å². The number of nitrogens with zero attached hydrogens (tertiary/aromatic N) is 1. The Balaban J connectivity index is 2.39. The van der Waals surface area contributed by atoms with Crippen LogP contribution in [0.15, 0.2) is 24.3 Å². The summed E-state index contributed by atoms with van der Waals surface area (Å²) < 4.78 is 37.1. The molecule has 1 aromatic heterocycles. The van der Waals surface area contributed by atoms with Crippen molar-refractivity contribution in [2.45, 2.75) is 13.1 Å². The number of benzene rings is 1. The van der Waals surface area contributed by atoms with Gasteiger partial charge >= 0.3 is 6.18 Å². The van der Waals surface area contributed by atoms with Crippen molar-refractivity contribution in [2.24, 2.45) is 0 Å². The molecule has 0 amide bonds. The zero-order chi connectivity index (χ0) is 12.6. The van der Waals surface area contributed by atoms with E-state index in [2.05, 4.69) is 4.98 Å². The van der Waals surface area contributed by atoms with E-state index in [9.17, 15) is 13.2 Å². The van der Waals surface area contributed by atoms with Gasteiger partial charge in [-0.05, 0) is 19.1 Å². The molecular weight excluding hydrogens is 249 g/mol. The van der Waals surface area contributed by atoms with E-state index in [1.165, 1.54) is 23.5 Å². The van der Waals surface area contributed by atoms with Gasteiger partial charge in [-0.3, -0.25) is 0 Å². The number of nitrogens with two attached hydrogens (primary N) is 1. The lowest BCUT2D eigenvalue weighted by Crippen LogP contribution is -2.04. The molecule has 0 unspecified atom stereocenters. The summed E-state index contributed by atoms with van der Waals surface area (Å²) in [5.41, 5.74) is 6.20. The van der Waals surface area contributed by atoms with Crippen LogP contribution in [0.1, 0.15) is 10.6 Å². The Hall–Kier alpha value is -1.56. The molecule has 17 heavy (non-hydrogen) atoms. The minimum Gasteiger partial charge on any atom is -0.389 e. The minimum atomic E-state index is -4.32. The molecule has 0 radical (unpaired) electrons. The van der Waals surface area contributed by atoms with Gasteiger partial charge in [-0.25, -0.2) is 4.98 Å². The van der Waals surface area contributed by atoms with Crippen LogP contribution in [0.25, 0.3) is 11.3 Å². The standard InChI is InChI=1S/C11H9F3N2S/c1-6-16-9(10(15)17-6)7-2-4-8(5-3-7)11(12,13)14/h2-5H,15H2,1H3. The summed E-state index contributed by atoms with van der Waals surface area (Å²) in [6, 6.07) is 4.83. The maximum absolute atomic E-state index is 12.4. The highest BCUT2D eigenvalue weighted by Crippen LogP contribution is 2.33. The number of aromatic nitrogens is 1. The van der Waals surface area contributed by atoms with Crippen molar-refractivity contribution in [3.05, 3.63) is 34.8 Å². The molecule has 2 aromatic rings. The maximum atomic E-state index is 12.4. The van der Waals surface area contributed by atoms with Crippen LogP contribution in [0.2, 0.25) is 0 Å². The molecule has 6 heteroatoms. The van der Waals surface area contributed by atoms with E-state index in [0.29, 0.717) is 16.3 Å². The predicted octanol–water partition coefficient (Wildman–Crippen LogP) is 3.72. The quantitative estimate of drug-likeness (QED) is 0.846. The van der Waals surface area contributed by atoms with Crippen molar-refractivity contribution >= 4 is 16.3 Å². The van der Waals surface area contributed by atoms with Gasteiger partial charge in [0.15, 0.2) is 0 Å². The number of alkyl halides is 3. The van der Waals surface area contributed by atoms with E-state index >= 15 is 0 Å². The van der Waals surface area contributed by atoms with Crippen molar-refractivity contribution in [3.63, 3.8) is 0 Å². The Kier molecular flexibility index (Phi) is 2.82. The maximum Gasteiger partial charge on any atom is 0.416 e. The van der Waals surface area contributed by atoms with E-state index in [4.69, 9.17) is 5.73 Å². The van der Waals surface area contributed by atoms with Gasteiger partial charge in [0, 0.05) is 5.56 Å². The molecule has 1 heterocycles. The number of anilines is 1. The van der Waals surface area contributed by atoms with Gasteiger partial charge in [-0.1, -0.05) is 12.1 Å². The molecule has 90 valence electrons. The first-order chi connectivity index (χ1) is 7.88. The Morgan fingerprint density at radius 3 is 2.18 bits per heavy atom. The Morgan fingerprint density at radius 2 is 1.76 bits per heavy atom. The second kappa shape index (κ2) is 4.03. The van der Waals surface area contributed by atoms with Crippen molar-refractivity contribution in [2.75, 3.05) is 5.73 Å². The van der Waals surface area contributed by atoms with E-state index in [-0.39, 0.29) is 0 Å². The Labute approximate surface area is 99.9 Å². The summed E-state index contributed by atoms with van der Waals surface area (Å²) in [4.78, 5) is 4.18. The van der Waals surface area contributed by atoms with Crippen molar-refractivity contribution in [1.82, 2.24) is 4.98 Å². The topological polar surface area (TPSA) is 38.9 Å². The smallest absolute Gasteiger partial charge is 0.389 e. The molecule has 0 spiro atoms. The van der Waals surface area contributed by atoms with Crippen LogP contribution < -0.4 is 5.73 Å². The lowest BCUT2D eigenvalue weighted by molar-refractivity contribution is -0.137. The van der Waals surface area contributed by atoms with Gasteiger partial charge in [-0.2, -0.15) is 13.2 Å². The first kappa shape index (κ1) is 11.9. The molecule has 0 aliphatic heterocycles. The predicted molar refractivity (Wildman–Crippen MR) is 61.7 cm³/mol. The fraction of sp³-hybridized carbons (Fsp3) is 0.182. The summed E-state index contributed by atoms with van der Waals surface area (Å²) in [6.45, 7) is 1.80. The first-order valence-corrected chi connectivity index (χ1v) is 5.60. The highest BCUT2D eigenvalue weighted by atomic mass is 32.1. The monoisotopic (exact) mass is 258 g/mol. The number of thiazole rings is 1. The molecule has 2 rings (SSSR count). The normalized spacial score (nSPS) is 11.8. The third kappa shape index (κ3) is 2.41. The molecular formula is C11H9F3N2S. The van der Waals surface area contributed by atoms with Crippen LogP contribution in [0.3, 0.4) is 0 Å². The van der Waals surface area contributed by atoms with Crippen LogP contribution in [-0.4, -0.2) is 4.98 Å². The Bertz CT molecular complexity index is 529. The molecule has 0 atom stereocenters. The molecule has 0 saturated carbocycles. The molecule has 1 aromatic carbocycles. The third-order valence-corrected chi connectivity index (χ3v) is 3.05. The summed E-state index contributed by atoms with van der Waals surface area (Å²) in [5, 5.41) is 1.31. The number of nitrogen functional groups attached to an aromatic ring is 1. The molecule has 0 aliphatic carbocycles. The van der Waals surface area contributed by atoms with E-state index in [0.717, 1.165) is 17.1 Å². The van der Waals surface area contributed by atoms with Gasteiger partial charge in [-0.15, -0.1) is 11.3 Å². The number of hydrogen-bond donors (Lipinski definition) is 1. The van der Waals surface area contributed by atoms with Crippen LogP contribution in [0.5, 0.6) is 0 Å².